The number of aromatic nitrogens is 1. The van der Waals surface area contributed by atoms with Gasteiger partial charge < -0.3 is 5.32 Å². The molecule has 1 aliphatic rings. The molecule has 1 aromatic heterocycles. The topological polar surface area (TPSA) is 24.9 Å². The summed E-state index contributed by atoms with van der Waals surface area (Å²) in [5, 5.41) is 3.44. The predicted molar refractivity (Wildman–Crippen MR) is 71.5 cm³/mol. The number of nitrogens with zero attached hydrogens (tertiary/aromatic N) is 1. The standard InChI is InChI=1S/C13H19BrN2/c1-10-4-6-11(7-5-10)9-16-13-12(14)3-2-8-15-13/h2-3,8,10-11H,4-7,9H2,1H3,(H,15,16). The maximum absolute atomic E-state index is 4.32. The second-order valence-electron chi connectivity index (χ2n) is 4.84. The van der Waals surface area contributed by atoms with Crippen molar-refractivity contribution in [3.8, 4) is 0 Å². The molecule has 2 rings (SSSR count). The van der Waals surface area contributed by atoms with Crippen LogP contribution in [-0.4, -0.2) is 11.5 Å². The summed E-state index contributed by atoms with van der Waals surface area (Å²) in [4.78, 5) is 4.32. The Morgan fingerprint density at radius 3 is 2.81 bits per heavy atom. The Morgan fingerprint density at radius 1 is 1.38 bits per heavy atom. The van der Waals surface area contributed by atoms with E-state index >= 15 is 0 Å². The van der Waals surface area contributed by atoms with Crippen molar-refractivity contribution in [2.45, 2.75) is 32.6 Å². The summed E-state index contributed by atoms with van der Waals surface area (Å²) in [6.07, 6.45) is 7.32. The number of hydrogen-bond acceptors (Lipinski definition) is 2. The number of pyridine rings is 1. The normalized spacial score (nSPS) is 25.4. The number of nitrogens with one attached hydrogen (secondary N) is 1. The van der Waals surface area contributed by atoms with E-state index in [0.717, 1.165) is 28.7 Å². The van der Waals surface area contributed by atoms with E-state index in [-0.39, 0.29) is 0 Å². The van der Waals surface area contributed by atoms with Gasteiger partial charge in [0.15, 0.2) is 0 Å². The van der Waals surface area contributed by atoms with Crippen molar-refractivity contribution in [2.75, 3.05) is 11.9 Å². The number of hydrogen-bond donors (Lipinski definition) is 1. The van der Waals surface area contributed by atoms with E-state index < -0.39 is 0 Å². The third kappa shape index (κ3) is 3.21. The number of halogens is 1. The summed E-state index contributed by atoms with van der Waals surface area (Å²) < 4.78 is 1.05. The Hall–Kier alpha value is -0.570. The molecule has 1 fully saturated rings. The second kappa shape index (κ2) is 5.67. The van der Waals surface area contributed by atoms with Crippen LogP contribution >= 0.6 is 15.9 Å². The van der Waals surface area contributed by atoms with Crippen LogP contribution < -0.4 is 5.32 Å². The van der Waals surface area contributed by atoms with Gasteiger partial charge in [0.05, 0.1) is 4.47 Å². The Morgan fingerprint density at radius 2 is 2.12 bits per heavy atom. The first kappa shape index (κ1) is 11.9. The fourth-order valence-corrected chi connectivity index (χ4v) is 2.69. The molecule has 0 aromatic carbocycles. The lowest BCUT2D eigenvalue weighted by atomic mass is 9.83. The molecule has 0 saturated heterocycles. The third-order valence-electron chi connectivity index (χ3n) is 3.45. The van der Waals surface area contributed by atoms with Gasteiger partial charge in [0.2, 0.25) is 0 Å². The van der Waals surface area contributed by atoms with Crippen LogP contribution in [0.1, 0.15) is 32.6 Å². The zero-order valence-corrected chi connectivity index (χ0v) is 11.3. The average Bonchev–Trinajstić information content (AvgIpc) is 2.30. The molecule has 0 spiro atoms. The van der Waals surface area contributed by atoms with Crippen LogP contribution in [0.4, 0.5) is 5.82 Å². The molecule has 2 nitrogen and oxygen atoms in total. The highest BCUT2D eigenvalue weighted by atomic mass is 79.9. The summed E-state index contributed by atoms with van der Waals surface area (Å²) in [6, 6.07) is 3.97. The first-order valence-electron chi connectivity index (χ1n) is 6.10. The molecule has 0 radical (unpaired) electrons. The van der Waals surface area contributed by atoms with Crippen molar-refractivity contribution in [1.82, 2.24) is 4.98 Å². The molecule has 0 unspecified atom stereocenters. The molecule has 16 heavy (non-hydrogen) atoms. The fraction of sp³-hybridized carbons (Fsp3) is 0.615. The first-order valence-corrected chi connectivity index (χ1v) is 6.89. The van der Waals surface area contributed by atoms with Crippen LogP contribution in [0.25, 0.3) is 0 Å². The SMILES string of the molecule is CC1CCC(CNc2ncccc2Br)CC1. The van der Waals surface area contributed by atoms with Gasteiger partial charge in [-0.1, -0.05) is 19.8 Å². The van der Waals surface area contributed by atoms with Crippen LogP contribution in [0.3, 0.4) is 0 Å². The van der Waals surface area contributed by atoms with Gasteiger partial charge in [0.25, 0.3) is 0 Å². The van der Waals surface area contributed by atoms with Crippen LogP contribution in [-0.2, 0) is 0 Å². The molecular weight excluding hydrogens is 264 g/mol. The summed E-state index contributed by atoms with van der Waals surface area (Å²) in [6.45, 7) is 3.42. The molecule has 1 saturated carbocycles. The van der Waals surface area contributed by atoms with Crippen molar-refractivity contribution in [2.24, 2.45) is 11.8 Å². The summed E-state index contributed by atoms with van der Waals surface area (Å²) in [7, 11) is 0. The van der Waals surface area contributed by atoms with Crippen molar-refractivity contribution in [3.05, 3.63) is 22.8 Å². The third-order valence-corrected chi connectivity index (χ3v) is 4.09. The average molecular weight is 283 g/mol. The smallest absolute Gasteiger partial charge is 0.140 e. The molecule has 0 aliphatic heterocycles. The van der Waals surface area contributed by atoms with Gasteiger partial charge >= 0.3 is 0 Å². The molecule has 0 atom stereocenters. The minimum absolute atomic E-state index is 0.824. The first-order chi connectivity index (χ1) is 7.75. The minimum Gasteiger partial charge on any atom is -0.369 e. The van der Waals surface area contributed by atoms with Crippen LogP contribution in [0.2, 0.25) is 0 Å². The van der Waals surface area contributed by atoms with Crippen molar-refractivity contribution >= 4 is 21.7 Å². The molecule has 1 heterocycles. The maximum Gasteiger partial charge on any atom is 0.140 e. The van der Waals surface area contributed by atoms with E-state index in [2.05, 4.69) is 33.2 Å². The monoisotopic (exact) mass is 282 g/mol. The lowest BCUT2D eigenvalue weighted by Gasteiger charge is -2.26. The van der Waals surface area contributed by atoms with E-state index in [9.17, 15) is 0 Å². The van der Waals surface area contributed by atoms with E-state index in [1.807, 2.05) is 18.3 Å². The van der Waals surface area contributed by atoms with Gasteiger partial charge in [-0.2, -0.15) is 0 Å². The highest BCUT2D eigenvalue weighted by Gasteiger charge is 2.18. The van der Waals surface area contributed by atoms with Crippen molar-refractivity contribution < 1.29 is 0 Å². The van der Waals surface area contributed by atoms with Gasteiger partial charge in [-0.05, 0) is 52.7 Å². The molecule has 3 heteroatoms. The van der Waals surface area contributed by atoms with E-state index in [1.54, 1.807) is 0 Å². The van der Waals surface area contributed by atoms with Crippen LogP contribution in [0.5, 0.6) is 0 Å². The van der Waals surface area contributed by atoms with E-state index in [1.165, 1.54) is 25.7 Å². The largest absolute Gasteiger partial charge is 0.369 e. The number of rotatable bonds is 3. The van der Waals surface area contributed by atoms with Gasteiger partial charge in [-0.15, -0.1) is 0 Å². The Labute approximate surface area is 106 Å². The highest BCUT2D eigenvalue weighted by molar-refractivity contribution is 9.10. The maximum atomic E-state index is 4.32. The lowest BCUT2D eigenvalue weighted by Crippen LogP contribution is -2.20. The molecule has 1 aliphatic carbocycles. The molecule has 88 valence electrons. The van der Waals surface area contributed by atoms with E-state index in [4.69, 9.17) is 0 Å². The van der Waals surface area contributed by atoms with Crippen LogP contribution in [0.15, 0.2) is 22.8 Å². The Balaban J connectivity index is 1.81. The number of anilines is 1. The quantitative estimate of drug-likeness (QED) is 0.904. The summed E-state index contributed by atoms with van der Waals surface area (Å²) >= 11 is 3.51. The van der Waals surface area contributed by atoms with Gasteiger partial charge in [0, 0.05) is 12.7 Å². The van der Waals surface area contributed by atoms with Crippen molar-refractivity contribution in [1.29, 1.82) is 0 Å². The summed E-state index contributed by atoms with van der Waals surface area (Å²) in [5.74, 6) is 2.73. The molecule has 0 amide bonds. The molecule has 1 aromatic rings. The minimum atomic E-state index is 0.824. The lowest BCUT2D eigenvalue weighted by molar-refractivity contribution is 0.300. The second-order valence-corrected chi connectivity index (χ2v) is 5.69. The van der Waals surface area contributed by atoms with Gasteiger partial charge in [0.1, 0.15) is 5.82 Å². The molecule has 1 N–H and O–H groups in total. The van der Waals surface area contributed by atoms with Gasteiger partial charge in [-0.25, -0.2) is 4.98 Å². The van der Waals surface area contributed by atoms with Gasteiger partial charge in [-0.3, -0.25) is 0 Å². The predicted octanol–water partition coefficient (Wildman–Crippen LogP) is 4.08. The highest BCUT2D eigenvalue weighted by Crippen LogP contribution is 2.28. The summed E-state index contributed by atoms with van der Waals surface area (Å²) in [5.41, 5.74) is 0. The van der Waals surface area contributed by atoms with Crippen LogP contribution in [0, 0.1) is 11.8 Å². The Kier molecular flexibility index (Phi) is 4.22. The fourth-order valence-electron chi connectivity index (χ4n) is 2.29. The van der Waals surface area contributed by atoms with E-state index in [0.29, 0.717) is 0 Å². The zero-order chi connectivity index (χ0) is 11.4. The zero-order valence-electron chi connectivity index (χ0n) is 9.75. The molecular formula is C13H19BrN2. The molecule has 0 bridgehead atoms. The van der Waals surface area contributed by atoms with Crippen molar-refractivity contribution in [3.63, 3.8) is 0 Å². The Bertz CT molecular complexity index is 332.